The van der Waals surface area contributed by atoms with Crippen LogP contribution in [-0.2, 0) is 13.3 Å². The SMILES string of the molecule is CCO[Si](CC(C)N)(OCC)OC(C)(N)CC. The average molecular weight is 264 g/mol. The van der Waals surface area contributed by atoms with Crippen molar-refractivity contribution in [3.8, 4) is 0 Å². The van der Waals surface area contributed by atoms with Gasteiger partial charge in [-0.1, -0.05) is 6.92 Å². The zero-order valence-electron chi connectivity index (χ0n) is 11.8. The van der Waals surface area contributed by atoms with E-state index in [0.29, 0.717) is 25.7 Å². The minimum absolute atomic E-state index is 0.0348. The zero-order valence-corrected chi connectivity index (χ0v) is 12.8. The summed E-state index contributed by atoms with van der Waals surface area (Å²) in [6.07, 6.45) is 0.695. The van der Waals surface area contributed by atoms with Gasteiger partial charge in [-0.3, -0.25) is 0 Å². The third kappa shape index (κ3) is 6.49. The molecule has 0 saturated heterocycles. The number of hydrogen-bond donors (Lipinski definition) is 2. The molecule has 0 aromatic rings. The van der Waals surface area contributed by atoms with E-state index < -0.39 is 14.5 Å². The van der Waals surface area contributed by atoms with Crippen molar-refractivity contribution in [3.63, 3.8) is 0 Å². The zero-order chi connectivity index (χ0) is 13.5. The molecule has 5 nitrogen and oxygen atoms in total. The van der Waals surface area contributed by atoms with Gasteiger partial charge in [0.15, 0.2) is 0 Å². The van der Waals surface area contributed by atoms with Gasteiger partial charge >= 0.3 is 8.80 Å². The summed E-state index contributed by atoms with van der Waals surface area (Å²) in [6.45, 7) is 10.7. The van der Waals surface area contributed by atoms with Crippen molar-refractivity contribution in [1.29, 1.82) is 0 Å². The third-order valence-corrected chi connectivity index (χ3v) is 5.77. The molecule has 6 heteroatoms. The first kappa shape index (κ1) is 17.0. The second-order valence-corrected chi connectivity index (χ2v) is 7.05. The molecule has 0 fully saturated rings. The molecule has 17 heavy (non-hydrogen) atoms. The molecule has 0 rings (SSSR count). The molecule has 0 aromatic carbocycles. The summed E-state index contributed by atoms with van der Waals surface area (Å²) in [6, 6.07) is 0.550. The molecule has 0 radical (unpaired) electrons. The van der Waals surface area contributed by atoms with Crippen molar-refractivity contribution in [3.05, 3.63) is 0 Å². The van der Waals surface area contributed by atoms with E-state index in [9.17, 15) is 0 Å². The van der Waals surface area contributed by atoms with E-state index in [0.717, 1.165) is 0 Å². The molecule has 2 atom stereocenters. The van der Waals surface area contributed by atoms with E-state index in [1.165, 1.54) is 0 Å². The molecule has 0 spiro atoms. The summed E-state index contributed by atoms with van der Waals surface area (Å²) in [5, 5.41) is 0. The van der Waals surface area contributed by atoms with Gasteiger partial charge in [-0.2, -0.15) is 0 Å². The van der Waals surface area contributed by atoms with Crippen molar-refractivity contribution in [1.82, 2.24) is 0 Å². The lowest BCUT2D eigenvalue weighted by Crippen LogP contribution is -2.57. The van der Waals surface area contributed by atoms with E-state index in [1.807, 2.05) is 34.6 Å². The van der Waals surface area contributed by atoms with Crippen molar-refractivity contribution in [2.24, 2.45) is 11.5 Å². The molecule has 0 heterocycles. The number of rotatable bonds is 9. The molecule has 0 saturated carbocycles. The maximum absolute atomic E-state index is 6.05. The summed E-state index contributed by atoms with van der Waals surface area (Å²) in [7, 11) is -2.76. The Balaban J connectivity index is 4.87. The van der Waals surface area contributed by atoms with E-state index in [4.69, 9.17) is 24.7 Å². The fourth-order valence-corrected chi connectivity index (χ4v) is 4.57. The van der Waals surface area contributed by atoms with Gasteiger partial charge in [0.25, 0.3) is 0 Å². The van der Waals surface area contributed by atoms with Crippen molar-refractivity contribution >= 4 is 8.80 Å². The Bertz CT molecular complexity index is 207. The van der Waals surface area contributed by atoms with Crippen LogP contribution in [0.4, 0.5) is 0 Å². The highest BCUT2D eigenvalue weighted by Crippen LogP contribution is 2.23. The lowest BCUT2D eigenvalue weighted by molar-refractivity contribution is -0.0194. The predicted molar refractivity (Wildman–Crippen MR) is 71.4 cm³/mol. The summed E-state index contributed by atoms with van der Waals surface area (Å²) in [5.74, 6) is 0. The second kappa shape index (κ2) is 7.45. The van der Waals surface area contributed by atoms with Crippen LogP contribution in [0.2, 0.25) is 6.04 Å². The molecule has 0 aliphatic heterocycles. The molecule has 0 bridgehead atoms. The van der Waals surface area contributed by atoms with Crippen LogP contribution < -0.4 is 11.5 Å². The second-order valence-electron chi connectivity index (χ2n) is 4.50. The minimum Gasteiger partial charge on any atom is -0.374 e. The van der Waals surface area contributed by atoms with Crippen LogP contribution in [-0.4, -0.2) is 33.8 Å². The third-order valence-electron chi connectivity index (χ3n) is 2.39. The van der Waals surface area contributed by atoms with E-state index in [-0.39, 0.29) is 6.04 Å². The molecule has 2 unspecified atom stereocenters. The molecule has 0 amide bonds. The largest absolute Gasteiger partial charge is 0.503 e. The minimum atomic E-state index is -2.76. The van der Waals surface area contributed by atoms with Crippen LogP contribution in [0.3, 0.4) is 0 Å². The Hall–Kier alpha value is 0.0169. The first-order valence-electron chi connectivity index (χ1n) is 6.33. The lowest BCUT2D eigenvalue weighted by Gasteiger charge is -2.37. The Morgan fingerprint density at radius 3 is 1.94 bits per heavy atom. The summed E-state index contributed by atoms with van der Waals surface area (Å²) in [5.41, 5.74) is 11.2. The normalized spacial score (nSPS) is 17.8. The van der Waals surface area contributed by atoms with Crippen LogP contribution in [0.1, 0.15) is 41.0 Å². The van der Waals surface area contributed by atoms with Gasteiger partial charge in [-0.25, -0.2) is 0 Å². The molecular formula is C11H28N2O3Si. The average Bonchev–Trinajstić information content (AvgIpc) is 2.16. The lowest BCUT2D eigenvalue weighted by atomic mass is 10.2. The van der Waals surface area contributed by atoms with E-state index >= 15 is 0 Å². The number of nitrogens with two attached hydrogens (primary N) is 2. The van der Waals surface area contributed by atoms with Crippen LogP contribution in [0, 0.1) is 0 Å². The predicted octanol–water partition coefficient (Wildman–Crippen LogP) is 1.45. The summed E-state index contributed by atoms with van der Waals surface area (Å²) >= 11 is 0. The Morgan fingerprint density at radius 1 is 1.18 bits per heavy atom. The molecule has 0 aliphatic carbocycles. The van der Waals surface area contributed by atoms with Gasteiger partial charge in [-0.05, 0) is 34.1 Å². The van der Waals surface area contributed by atoms with Gasteiger partial charge in [-0.15, -0.1) is 0 Å². The molecule has 104 valence electrons. The Morgan fingerprint density at radius 2 is 1.65 bits per heavy atom. The summed E-state index contributed by atoms with van der Waals surface area (Å²) < 4.78 is 17.5. The standard InChI is InChI=1S/C11H28N2O3Si/c1-6-11(5,13)16-17(14-7-2,15-8-3)9-10(4)12/h10H,6-9,12-13H2,1-5H3. The summed E-state index contributed by atoms with van der Waals surface area (Å²) in [4.78, 5) is 0. The fourth-order valence-electron chi connectivity index (χ4n) is 1.52. The highest BCUT2D eigenvalue weighted by atomic mass is 28.4. The van der Waals surface area contributed by atoms with Crippen molar-refractivity contribution in [2.75, 3.05) is 13.2 Å². The highest BCUT2D eigenvalue weighted by molar-refractivity contribution is 6.61. The topological polar surface area (TPSA) is 79.7 Å². The first-order chi connectivity index (χ1) is 7.81. The van der Waals surface area contributed by atoms with Crippen LogP contribution in [0.5, 0.6) is 0 Å². The quantitative estimate of drug-likeness (QED) is 0.487. The molecule has 4 N–H and O–H groups in total. The van der Waals surface area contributed by atoms with Gasteiger partial charge in [0.05, 0.1) is 0 Å². The Labute approximate surface area is 106 Å². The fraction of sp³-hybridized carbons (Fsp3) is 1.00. The van der Waals surface area contributed by atoms with Crippen LogP contribution in [0.15, 0.2) is 0 Å². The maximum atomic E-state index is 6.05. The van der Waals surface area contributed by atoms with Crippen molar-refractivity contribution < 1.29 is 13.3 Å². The van der Waals surface area contributed by atoms with Gasteiger partial charge in [0, 0.05) is 25.3 Å². The number of hydrogen-bond acceptors (Lipinski definition) is 5. The van der Waals surface area contributed by atoms with Crippen LogP contribution in [0.25, 0.3) is 0 Å². The van der Waals surface area contributed by atoms with Gasteiger partial charge in [0.1, 0.15) is 5.72 Å². The maximum Gasteiger partial charge on any atom is 0.503 e. The first-order valence-corrected chi connectivity index (χ1v) is 8.26. The monoisotopic (exact) mass is 264 g/mol. The Kier molecular flexibility index (Phi) is 7.46. The highest BCUT2D eigenvalue weighted by Gasteiger charge is 2.45. The van der Waals surface area contributed by atoms with E-state index in [2.05, 4.69) is 0 Å². The van der Waals surface area contributed by atoms with E-state index in [1.54, 1.807) is 0 Å². The van der Waals surface area contributed by atoms with Crippen LogP contribution >= 0.6 is 0 Å². The molecule has 0 aromatic heterocycles. The van der Waals surface area contributed by atoms with Crippen molar-refractivity contribution in [2.45, 2.75) is 58.9 Å². The molecular weight excluding hydrogens is 236 g/mol. The molecule has 0 aliphatic rings. The van der Waals surface area contributed by atoms with Gasteiger partial charge in [0.2, 0.25) is 0 Å². The smallest absolute Gasteiger partial charge is 0.374 e. The van der Waals surface area contributed by atoms with Gasteiger partial charge < -0.3 is 24.7 Å².